The first-order valence-corrected chi connectivity index (χ1v) is 7.78. The molecule has 1 aromatic carbocycles. The van der Waals surface area contributed by atoms with E-state index in [1.54, 1.807) is 11.8 Å². The van der Waals surface area contributed by atoms with E-state index in [9.17, 15) is 4.79 Å². The van der Waals surface area contributed by atoms with Crippen LogP contribution in [-0.4, -0.2) is 23.9 Å². The maximum Gasteiger partial charge on any atom is 0.337 e. The molecule has 20 heavy (non-hydrogen) atoms. The molecule has 0 bridgehead atoms. The third kappa shape index (κ3) is 3.52. The normalized spacial score (nSPS) is 14.6. The van der Waals surface area contributed by atoms with Gasteiger partial charge in [0.05, 0.1) is 12.1 Å². The van der Waals surface area contributed by atoms with Crippen LogP contribution in [0.25, 0.3) is 0 Å². The summed E-state index contributed by atoms with van der Waals surface area (Å²) in [5, 5.41) is 6.38. The molecule has 1 heterocycles. The van der Waals surface area contributed by atoms with E-state index >= 15 is 0 Å². The molecule has 106 valence electrons. The van der Waals surface area contributed by atoms with Crippen molar-refractivity contribution in [1.82, 2.24) is 10.6 Å². The summed E-state index contributed by atoms with van der Waals surface area (Å²) in [5.74, 6) is -0.319. The van der Waals surface area contributed by atoms with E-state index in [0.717, 1.165) is 16.2 Å². The van der Waals surface area contributed by atoms with Gasteiger partial charge in [0.1, 0.15) is 6.61 Å². The molecule has 4 nitrogen and oxygen atoms in total. The molecule has 1 aliphatic heterocycles. The van der Waals surface area contributed by atoms with Crippen molar-refractivity contribution in [3.8, 4) is 0 Å². The third-order valence-electron chi connectivity index (χ3n) is 2.98. The number of hydrogen-bond donors (Lipinski definition) is 2. The summed E-state index contributed by atoms with van der Waals surface area (Å²) >= 11 is 6.62. The number of thiocarbonyl (C=S) groups is 1. The van der Waals surface area contributed by atoms with Gasteiger partial charge in [-0.15, -0.1) is 11.8 Å². The smallest absolute Gasteiger partial charge is 0.337 e. The minimum Gasteiger partial charge on any atom is -0.457 e. The van der Waals surface area contributed by atoms with E-state index in [4.69, 9.17) is 17.0 Å². The Morgan fingerprint density at radius 3 is 2.90 bits per heavy atom. The monoisotopic (exact) mass is 308 g/mol. The van der Waals surface area contributed by atoms with Gasteiger partial charge in [-0.2, -0.15) is 0 Å². The number of carbonyl (C=O) groups excluding carboxylic acids is 1. The Morgan fingerprint density at radius 2 is 2.20 bits per heavy atom. The van der Waals surface area contributed by atoms with Crippen molar-refractivity contribution in [1.29, 1.82) is 0 Å². The first-order valence-electron chi connectivity index (χ1n) is 6.15. The lowest BCUT2D eigenvalue weighted by Crippen LogP contribution is -2.42. The molecule has 0 aromatic heterocycles. The SMILES string of the molecule is CSc1ccccc1COC(=O)C1=C(C)NC(=S)NC1. The highest BCUT2D eigenvalue weighted by Crippen LogP contribution is 2.21. The van der Waals surface area contributed by atoms with Gasteiger partial charge < -0.3 is 15.4 Å². The second-order valence-electron chi connectivity index (χ2n) is 4.30. The molecule has 0 amide bonds. The van der Waals surface area contributed by atoms with Crippen LogP contribution in [0.15, 0.2) is 40.4 Å². The van der Waals surface area contributed by atoms with Gasteiger partial charge in [-0.25, -0.2) is 4.79 Å². The highest BCUT2D eigenvalue weighted by molar-refractivity contribution is 7.98. The van der Waals surface area contributed by atoms with Crippen LogP contribution < -0.4 is 10.6 Å². The third-order valence-corrected chi connectivity index (χ3v) is 4.06. The number of benzene rings is 1. The van der Waals surface area contributed by atoms with Gasteiger partial charge in [0.15, 0.2) is 5.11 Å². The van der Waals surface area contributed by atoms with Crippen LogP contribution in [0.5, 0.6) is 0 Å². The second-order valence-corrected chi connectivity index (χ2v) is 5.56. The van der Waals surface area contributed by atoms with E-state index in [0.29, 0.717) is 17.2 Å². The van der Waals surface area contributed by atoms with Gasteiger partial charge in [-0.3, -0.25) is 0 Å². The minimum atomic E-state index is -0.319. The molecular weight excluding hydrogens is 292 g/mol. The number of rotatable bonds is 4. The van der Waals surface area contributed by atoms with Crippen LogP contribution in [0.3, 0.4) is 0 Å². The summed E-state index contributed by atoms with van der Waals surface area (Å²) in [6.07, 6.45) is 2.00. The van der Waals surface area contributed by atoms with Gasteiger partial charge in [0, 0.05) is 16.2 Å². The van der Waals surface area contributed by atoms with Crippen molar-refractivity contribution in [2.45, 2.75) is 18.4 Å². The van der Waals surface area contributed by atoms with Gasteiger partial charge in [-0.05, 0) is 31.5 Å². The average Bonchev–Trinajstić information content (AvgIpc) is 2.45. The number of hydrogen-bond acceptors (Lipinski definition) is 4. The van der Waals surface area contributed by atoms with Crippen molar-refractivity contribution in [2.24, 2.45) is 0 Å². The maximum absolute atomic E-state index is 12.1. The minimum absolute atomic E-state index is 0.275. The first-order chi connectivity index (χ1) is 9.61. The van der Waals surface area contributed by atoms with Gasteiger partial charge in [0.2, 0.25) is 0 Å². The Labute approximate surface area is 128 Å². The van der Waals surface area contributed by atoms with E-state index in [2.05, 4.69) is 10.6 Å². The standard InChI is InChI=1S/C14H16N2O2S2/c1-9-11(7-15-14(19)16-9)13(17)18-8-10-5-3-4-6-12(10)20-2/h3-6H,7-8H2,1-2H3,(H2,15,16,19). The Kier molecular flexibility index (Phi) is 5.03. The topological polar surface area (TPSA) is 50.4 Å². The number of esters is 1. The lowest BCUT2D eigenvalue weighted by Gasteiger charge is -2.21. The molecule has 0 radical (unpaired) electrons. The summed E-state index contributed by atoms with van der Waals surface area (Å²) in [4.78, 5) is 13.2. The van der Waals surface area contributed by atoms with Crippen LogP contribution in [0.4, 0.5) is 0 Å². The fourth-order valence-corrected chi connectivity index (χ4v) is 2.70. The molecule has 1 aliphatic rings. The molecule has 6 heteroatoms. The van der Waals surface area contributed by atoms with Crippen LogP contribution in [0.1, 0.15) is 12.5 Å². The fraction of sp³-hybridized carbons (Fsp3) is 0.286. The summed E-state index contributed by atoms with van der Waals surface area (Å²) in [6, 6.07) is 7.89. The zero-order valence-corrected chi connectivity index (χ0v) is 13.0. The van der Waals surface area contributed by atoms with Crippen molar-refractivity contribution in [3.63, 3.8) is 0 Å². The van der Waals surface area contributed by atoms with Crippen molar-refractivity contribution in [3.05, 3.63) is 41.1 Å². The highest BCUT2D eigenvalue weighted by atomic mass is 32.2. The summed E-state index contributed by atoms with van der Waals surface area (Å²) < 4.78 is 5.38. The maximum atomic E-state index is 12.1. The predicted molar refractivity (Wildman–Crippen MR) is 84.5 cm³/mol. The number of nitrogens with one attached hydrogen (secondary N) is 2. The van der Waals surface area contributed by atoms with Crippen LogP contribution >= 0.6 is 24.0 Å². The van der Waals surface area contributed by atoms with Crippen LogP contribution in [-0.2, 0) is 16.1 Å². The van der Waals surface area contributed by atoms with E-state index < -0.39 is 0 Å². The van der Waals surface area contributed by atoms with E-state index in [1.165, 1.54) is 0 Å². The molecule has 0 saturated heterocycles. The van der Waals surface area contributed by atoms with Crippen LogP contribution in [0.2, 0.25) is 0 Å². The second kappa shape index (κ2) is 6.76. The number of thioether (sulfide) groups is 1. The molecule has 0 unspecified atom stereocenters. The number of allylic oxidation sites excluding steroid dienone is 1. The van der Waals surface area contributed by atoms with Gasteiger partial charge >= 0.3 is 5.97 Å². The Bertz CT molecular complexity index is 570. The van der Waals surface area contributed by atoms with Crippen LogP contribution in [0, 0.1) is 0 Å². The Balaban J connectivity index is 2.02. The van der Waals surface area contributed by atoms with Crippen molar-refractivity contribution >= 4 is 35.1 Å². The highest BCUT2D eigenvalue weighted by Gasteiger charge is 2.19. The molecule has 0 spiro atoms. The zero-order valence-electron chi connectivity index (χ0n) is 11.4. The average molecular weight is 308 g/mol. The molecule has 0 saturated carbocycles. The Morgan fingerprint density at radius 1 is 1.45 bits per heavy atom. The molecule has 2 rings (SSSR count). The lowest BCUT2D eigenvalue weighted by atomic mass is 10.2. The van der Waals surface area contributed by atoms with Gasteiger partial charge in [0.25, 0.3) is 0 Å². The molecule has 0 fully saturated rings. The lowest BCUT2D eigenvalue weighted by molar-refractivity contribution is -0.140. The van der Waals surface area contributed by atoms with Crippen molar-refractivity contribution < 1.29 is 9.53 Å². The molecule has 0 atom stereocenters. The molecule has 2 N–H and O–H groups in total. The zero-order chi connectivity index (χ0) is 14.5. The fourth-order valence-electron chi connectivity index (χ4n) is 1.87. The molecule has 1 aromatic rings. The summed E-state index contributed by atoms with van der Waals surface area (Å²) in [7, 11) is 0. The number of carbonyl (C=O) groups is 1. The number of ether oxygens (including phenoxy) is 1. The van der Waals surface area contributed by atoms with Gasteiger partial charge in [-0.1, -0.05) is 18.2 Å². The Hall–Kier alpha value is -1.53. The summed E-state index contributed by atoms with van der Waals surface area (Å²) in [6.45, 7) is 2.50. The first kappa shape index (κ1) is 14.9. The van der Waals surface area contributed by atoms with E-state index in [1.807, 2.05) is 37.4 Å². The molecular formula is C14H16N2O2S2. The van der Waals surface area contributed by atoms with Crippen molar-refractivity contribution in [2.75, 3.05) is 12.8 Å². The van der Waals surface area contributed by atoms with E-state index in [-0.39, 0.29) is 12.6 Å². The molecule has 0 aliphatic carbocycles. The predicted octanol–water partition coefficient (Wildman–Crippen LogP) is 2.20. The largest absolute Gasteiger partial charge is 0.457 e. The quantitative estimate of drug-likeness (QED) is 0.505. The summed E-state index contributed by atoms with van der Waals surface area (Å²) in [5.41, 5.74) is 2.34.